The molecule has 1 fully saturated rings. The number of benzene rings is 3. The van der Waals surface area contributed by atoms with E-state index in [-0.39, 0.29) is 5.56 Å². The minimum atomic E-state index is -0.410. The van der Waals surface area contributed by atoms with E-state index in [0.717, 1.165) is 65.2 Å². The highest BCUT2D eigenvalue weighted by Gasteiger charge is 2.33. The fourth-order valence-corrected chi connectivity index (χ4v) is 5.78. The van der Waals surface area contributed by atoms with Crippen LogP contribution < -0.4 is 15.2 Å². The molecule has 1 atom stereocenters. The Bertz CT molecular complexity index is 1690. The van der Waals surface area contributed by atoms with Crippen LogP contribution in [0.15, 0.2) is 77.6 Å². The summed E-state index contributed by atoms with van der Waals surface area (Å²) in [4.78, 5) is 21.5. The molecule has 0 radical (unpaired) electrons. The molecule has 9 nitrogen and oxygen atoms in total. The van der Waals surface area contributed by atoms with Crippen LogP contribution in [0.3, 0.4) is 0 Å². The molecule has 5 aromatic rings. The van der Waals surface area contributed by atoms with Crippen molar-refractivity contribution in [1.29, 1.82) is 0 Å². The molecule has 40 heavy (non-hydrogen) atoms. The van der Waals surface area contributed by atoms with Crippen LogP contribution in [-0.4, -0.2) is 63.4 Å². The van der Waals surface area contributed by atoms with Crippen molar-refractivity contribution >= 4 is 16.6 Å². The Kier molecular flexibility index (Phi) is 7.04. The number of fused-ring (bicyclic) bond motifs is 1. The van der Waals surface area contributed by atoms with E-state index >= 15 is 0 Å². The van der Waals surface area contributed by atoms with E-state index in [1.807, 2.05) is 60.1 Å². The molecule has 3 heterocycles. The monoisotopic (exact) mass is 535 g/mol. The predicted octanol–water partition coefficient (Wildman–Crippen LogP) is 4.10. The Balaban J connectivity index is 1.40. The summed E-state index contributed by atoms with van der Waals surface area (Å²) < 4.78 is 7.44. The number of hydrogen-bond donors (Lipinski definition) is 1. The van der Waals surface area contributed by atoms with Crippen molar-refractivity contribution in [2.45, 2.75) is 26.4 Å². The van der Waals surface area contributed by atoms with Gasteiger partial charge in [0.05, 0.1) is 19.3 Å². The summed E-state index contributed by atoms with van der Waals surface area (Å²) in [6.45, 7) is 7.65. The zero-order chi connectivity index (χ0) is 27.6. The van der Waals surface area contributed by atoms with Crippen molar-refractivity contribution in [3.63, 3.8) is 0 Å². The number of aromatic nitrogens is 5. The third-order valence-corrected chi connectivity index (χ3v) is 7.72. The number of nitrogens with one attached hydrogen (secondary N) is 1. The third-order valence-electron chi connectivity index (χ3n) is 7.72. The molecule has 1 N–H and O–H groups in total. The first-order valence-electron chi connectivity index (χ1n) is 13.6. The number of tetrazole rings is 1. The van der Waals surface area contributed by atoms with Gasteiger partial charge in [0.25, 0.3) is 5.56 Å². The van der Waals surface area contributed by atoms with Gasteiger partial charge in [-0.15, -0.1) is 5.10 Å². The molecular weight excluding hydrogens is 502 g/mol. The summed E-state index contributed by atoms with van der Waals surface area (Å²) >= 11 is 0. The highest BCUT2D eigenvalue weighted by Crippen LogP contribution is 2.32. The number of nitrogens with zero attached hydrogens (tertiary/aromatic N) is 6. The first kappa shape index (κ1) is 25.8. The average Bonchev–Trinajstić information content (AvgIpc) is 3.42. The molecule has 0 spiro atoms. The third kappa shape index (κ3) is 4.96. The van der Waals surface area contributed by atoms with Gasteiger partial charge in [0.1, 0.15) is 11.8 Å². The largest absolute Gasteiger partial charge is 0.495 e. The summed E-state index contributed by atoms with van der Waals surface area (Å²) in [6, 6.07) is 24.0. The molecular formula is C31H33N7O2. The summed E-state index contributed by atoms with van der Waals surface area (Å²) in [5, 5.41) is 13.9. The van der Waals surface area contributed by atoms with Crippen LogP contribution in [0.2, 0.25) is 0 Å². The minimum absolute atomic E-state index is 0.121. The van der Waals surface area contributed by atoms with Crippen LogP contribution >= 0.6 is 0 Å². The Morgan fingerprint density at radius 2 is 1.70 bits per heavy atom. The molecule has 1 aliphatic heterocycles. The lowest BCUT2D eigenvalue weighted by Crippen LogP contribution is -2.49. The van der Waals surface area contributed by atoms with Gasteiger partial charge in [0, 0.05) is 42.6 Å². The number of anilines is 1. The van der Waals surface area contributed by atoms with Crippen molar-refractivity contribution in [2.75, 3.05) is 38.2 Å². The van der Waals surface area contributed by atoms with Gasteiger partial charge in [-0.05, 0) is 65.2 Å². The smallest absolute Gasteiger partial charge is 0.253 e. The van der Waals surface area contributed by atoms with E-state index in [1.165, 1.54) is 0 Å². The van der Waals surface area contributed by atoms with Gasteiger partial charge in [0.2, 0.25) is 0 Å². The van der Waals surface area contributed by atoms with Crippen LogP contribution in [0.4, 0.5) is 5.69 Å². The quantitative estimate of drug-likeness (QED) is 0.336. The molecule has 0 aliphatic carbocycles. The highest BCUT2D eigenvalue weighted by molar-refractivity contribution is 5.83. The second-order valence-electron chi connectivity index (χ2n) is 10.4. The van der Waals surface area contributed by atoms with Crippen molar-refractivity contribution < 1.29 is 4.74 Å². The SMILES string of the molecule is COc1ccccc1N1CCN([C@@H](c2cc3c(C)cc(C)cc3[nH]c2=O)c2nnnn2Cc2ccccc2)CC1. The number of pyridine rings is 1. The Morgan fingerprint density at radius 3 is 2.48 bits per heavy atom. The molecule has 1 aliphatic rings. The molecule has 3 aromatic carbocycles. The molecule has 0 saturated carbocycles. The lowest BCUT2D eigenvalue weighted by Gasteiger charge is -2.40. The van der Waals surface area contributed by atoms with E-state index in [9.17, 15) is 4.79 Å². The van der Waals surface area contributed by atoms with Gasteiger partial charge in [0.15, 0.2) is 5.82 Å². The minimum Gasteiger partial charge on any atom is -0.495 e. The van der Waals surface area contributed by atoms with Gasteiger partial charge in [-0.1, -0.05) is 48.5 Å². The van der Waals surface area contributed by atoms with Gasteiger partial charge in [-0.25, -0.2) is 4.68 Å². The number of aryl methyl sites for hydroxylation is 2. The van der Waals surface area contributed by atoms with Gasteiger partial charge in [-0.2, -0.15) is 0 Å². The van der Waals surface area contributed by atoms with Crippen molar-refractivity contribution in [1.82, 2.24) is 30.1 Å². The fraction of sp³-hybridized carbons (Fsp3) is 0.290. The predicted molar refractivity (Wildman–Crippen MR) is 156 cm³/mol. The fourth-order valence-electron chi connectivity index (χ4n) is 5.78. The standard InChI is InChI=1S/C31H33N7O2/c1-21-17-22(2)24-19-25(31(39)32-26(24)18-21)29(30-33-34-35-38(30)20-23-9-5-4-6-10-23)37-15-13-36(14-16-37)27-11-7-8-12-28(27)40-3/h4-12,17-19,29H,13-16,20H2,1-3H3,(H,32,39)/t29-/m0/s1. The maximum absolute atomic E-state index is 13.7. The lowest BCUT2D eigenvalue weighted by atomic mass is 9.99. The molecule has 0 bridgehead atoms. The summed E-state index contributed by atoms with van der Waals surface area (Å²) in [5.74, 6) is 1.51. The van der Waals surface area contributed by atoms with Crippen molar-refractivity contribution in [3.05, 3.63) is 111 Å². The van der Waals surface area contributed by atoms with Crippen molar-refractivity contribution in [3.8, 4) is 5.75 Å². The topological polar surface area (TPSA) is 92.2 Å². The van der Waals surface area contributed by atoms with Crippen LogP contribution in [0, 0.1) is 13.8 Å². The van der Waals surface area contributed by atoms with E-state index in [2.05, 4.69) is 61.5 Å². The zero-order valence-electron chi connectivity index (χ0n) is 23.0. The molecule has 204 valence electrons. The number of hydrogen-bond acceptors (Lipinski definition) is 7. The van der Waals surface area contributed by atoms with Crippen molar-refractivity contribution in [2.24, 2.45) is 0 Å². The van der Waals surface area contributed by atoms with Crippen LogP contribution in [0.25, 0.3) is 10.9 Å². The van der Waals surface area contributed by atoms with Crippen LogP contribution in [0.5, 0.6) is 5.75 Å². The Labute approximate surface area is 233 Å². The summed E-state index contributed by atoms with van der Waals surface area (Å²) in [7, 11) is 1.70. The molecule has 0 amide bonds. The van der Waals surface area contributed by atoms with E-state index in [4.69, 9.17) is 4.74 Å². The molecule has 1 saturated heterocycles. The van der Waals surface area contributed by atoms with Gasteiger partial charge < -0.3 is 14.6 Å². The number of rotatable bonds is 7. The van der Waals surface area contributed by atoms with E-state index in [1.54, 1.807) is 7.11 Å². The Morgan fingerprint density at radius 1 is 0.950 bits per heavy atom. The van der Waals surface area contributed by atoms with E-state index in [0.29, 0.717) is 17.9 Å². The van der Waals surface area contributed by atoms with Crippen LogP contribution in [-0.2, 0) is 6.54 Å². The maximum atomic E-state index is 13.7. The highest BCUT2D eigenvalue weighted by atomic mass is 16.5. The first-order valence-corrected chi connectivity index (χ1v) is 13.6. The average molecular weight is 536 g/mol. The lowest BCUT2D eigenvalue weighted by molar-refractivity contribution is 0.200. The summed E-state index contributed by atoms with van der Waals surface area (Å²) in [6.07, 6.45) is 0. The number of para-hydroxylation sites is 2. The number of ether oxygens (including phenoxy) is 1. The number of H-pyrrole nitrogens is 1. The summed E-state index contributed by atoms with van der Waals surface area (Å²) in [5.41, 5.74) is 5.77. The second kappa shape index (κ2) is 10.9. The Hall–Kier alpha value is -4.50. The molecule has 2 aromatic heterocycles. The maximum Gasteiger partial charge on any atom is 0.253 e. The number of aromatic amines is 1. The van der Waals surface area contributed by atoms with Gasteiger partial charge in [-0.3, -0.25) is 9.69 Å². The molecule has 6 rings (SSSR count). The molecule has 0 unspecified atom stereocenters. The zero-order valence-corrected chi connectivity index (χ0v) is 23.0. The normalized spacial score (nSPS) is 14.9. The molecule has 9 heteroatoms. The van der Waals surface area contributed by atoms with E-state index < -0.39 is 6.04 Å². The number of methoxy groups -OCH3 is 1. The first-order chi connectivity index (χ1) is 19.5. The second-order valence-corrected chi connectivity index (χ2v) is 10.4. The van der Waals surface area contributed by atoms with Crippen LogP contribution in [0.1, 0.15) is 34.1 Å². The van der Waals surface area contributed by atoms with Gasteiger partial charge >= 0.3 is 0 Å². The number of piperazine rings is 1.